The Kier molecular flexibility index (Phi) is 6.99. The molecule has 6 heteroatoms. The van der Waals surface area contributed by atoms with E-state index in [1.54, 1.807) is 6.26 Å². The van der Waals surface area contributed by atoms with Crippen molar-refractivity contribution in [2.45, 2.75) is 37.2 Å². The van der Waals surface area contributed by atoms with Crippen molar-refractivity contribution in [1.29, 1.82) is 0 Å². The minimum absolute atomic E-state index is 0.128. The smallest absolute Gasteiger partial charge is 0.315 e. The standard InChI is InChI=1S/C18H27N3O2S/c1-14(2)13-21-10-8-16(9-11-21)20-18(22)19-12-15-4-6-17(7-5-15)24(3)23/h4-7,16H,1,8-13H2,2-3H3,(H2,19,20,22). The van der Waals surface area contributed by atoms with E-state index in [4.69, 9.17) is 0 Å². The maximum Gasteiger partial charge on any atom is 0.315 e. The number of carbonyl (C=O) groups is 1. The molecule has 0 aliphatic carbocycles. The highest BCUT2D eigenvalue weighted by molar-refractivity contribution is 7.84. The Balaban J connectivity index is 1.70. The maximum absolute atomic E-state index is 12.0. The maximum atomic E-state index is 12.0. The summed E-state index contributed by atoms with van der Waals surface area (Å²) in [5.74, 6) is 0. The molecule has 5 nitrogen and oxygen atoms in total. The summed E-state index contributed by atoms with van der Waals surface area (Å²) >= 11 is 0. The lowest BCUT2D eigenvalue weighted by molar-refractivity contribution is 0.201. The molecule has 0 spiro atoms. The van der Waals surface area contributed by atoms with Gasteiger partial charge in [-0.3, -0.25) is 9.11 Å². The number of hydrogen-bond acceptors (Lipinski definition) is 3. The Morgan fingerprint density at radius 3 is 2.46 bits per heavy atom. The molecule has 1 aliphatic rings. The summed E-state index contributed by atoms with van der Waals surface area (Å²) in [5.41, 5.74) is 2.17. The van der Waals surface area contributed by atoms with Gasteiger partial charge in [-0.15, -0.1) is 0 Å². The number of carbonyl (C=O) groups excluding carboxylic acids is 1. The first-order valence-electron chi connectivity index (χ1n) is 8.27. The van der Waals surface area contributed by atoms with E-state index < -0.39 is 10.8 Å². The molecule has 2 rings (SSSR count). The number of rotatable bonds is 6. The third-order valence-electron chi connectivity index (χ3n) is 4.12. The molecule has 0 radical (unpaired) electrons. The predicted octanol–water partition coefficient (Wildman–Crippen LogP) is 2.26. The fraction of sp³-hybridized carbons (Fsp3) is 0.500. The van der Waals surface area contributed by atoms with Crippen LogP contribution in [0.25, 0.3) is 0 Å². The third-order valence-corrected chi connectivity index (χ3v) is 5.06. The van der Waals surface area contributed by atoms with Gasteiger partial charge in [0.15, 0.2) is 0 Å². The van der Waals surface area contributed by atoms with Gasteiger partial charge in [-0.2, -0.15) is 0 Å². The van der Waals surface area contributed by atoms with E-state index in [9.17, 15) is 9.00 Å². The predicted molar refractivity (Wildman–Crippen MR) is 98.4 cm³/mol. The average molecular weight is 350 g/mol. The van der Waals surface area contributed by atoms with E-state index >= 15 is 0 Å². The lowest BCUT2D eigenvalue weighted by atomic mass is 10.0. The summed E-state index contributed by atoms with van der Waals surface area (Å²) in [5, 5.41) is 5.93. The summed E-state index contributed by atoms with van der Waals surface area (Å²) in [6.45, 7) is 9.39. The SMILES string of the molecule is C=C(C)CN1CCC(NC(=O)NCc2ccc(S(C)=O)cc2)CC1. The van der Waals surface area contributed by atoms with Gasteiger partial charge >= 0.3 is 6.03 Å². The molecule has 1 atom stereocenters. The summed E-state index contributed by atoms with van der Waals surface area (Å²) in [6.07, 6.45) is 3.60. The van der Waals surface area contributed by atoms with Gasteiger partial charge in [0, 0.05) is 54.2 Å². The van der Waals surface area contributed by atoms with Gasteiger partial charge in [0.2, 0.25) is 0 Å². The van der Waals surface area contributed by atoms with Crippen LogP contribution in [0.4, 0.5) is 4.79 Å². The highest BCUT2D eigenvalue weighted by Crippen LogP contribution is 2.11. The van der Waals surface area contributed by atoms with Crippen LogP contribution in [0.5, 0.6) is 0 Å². The molecule has 1 aromatic carbocycles. The summed E-state index contributed by atoms with van der Waals surface area (Å²) in [6, 6.07) is 7.57. The molecule has 0 aromatic heterocycles. The lowest BCUT2D eigenvalue weighted by Crippen LogP contribution is -2.47. The van der Waals surface area contributed by atoms with Gasteiger partial charge in [0.1, 0.15) is 0 Å². The molecule has 1 aromatic rings. The zero-order chi connectivity index (χ0) is 17.5. The monoisotopic (exact) mass is 349 g/mol. The third kappa shape index (κ3) is 6.09. The van der Waals surface area contributed by atoms with Crippen LogP contribution in [0, 0.1) is 0 Å². The highest BCUT2D eigenvalue weighted by atomic mass is 32.2. The van der Waals surface area contributed by atoms with Crippen LogP contribution >= 0.6 is 0 Å². The second-order valence-electron chi connectivity index (χ2n) is 6.43. The first kappa shape index (κ1) is 18.7. The first-order chi connectivity index (χ1) is 11.4. The Morgan fingerprint density at radius 1 is 1.29 bits per heavy atom. The molecule has 0 saturated carbocycles. The summed E-state index contributed by atoms with van der Waals surface area (Å²) in [7, 11) is -0.971. The average Bonchev–Trinajstić information content (AvgIpc) is 2.54. The number of piperidine rings is 1. The number of amides is 2. The topological polar surface area (TPSA) is 61.4 Å². The van der Waals surface area contributed by atoms with E-state index in [0.29, 0.717) is 6.54 Å². The molecule has 0 bridgehead atoms. The molecule has 24 heavy (non-hydrogen) atoms. The van der Waals surface area contributed by atoms with E-state index in [0.717, 1.165) is 42.9 Å². The lowest BCUT2D eigenvalue weighted by Gasteiger charge is -2.32. The van der Waals surface area contributed by atoms with Crippen LogP contribution < -0.4 is 10.6 Å². The van der Waals surface area contributed by atoms with Gasteiger partial charge < -0.3 is 10.6 Å². The van der Waals surface area contributed by atoms with Crippen molar-refractivity contribution in [3.63, 3.8) is 0 Å². The number of urea groups is 1. The molecule has 1 saturated heterocycles. The van der Waals surface area contributed by atoms with Crippen LogP contribution in [0.3, 0.4) is 0 Å². The number of nitrogens with zero attached hydrogens (tertiary/aromatic N) is 1. The van der Waals surface area contributed by atoms with E-state index in [1.165, 1.54) is 5.57 Å². The van der Waals surface area contributed by atoms with Crippen molar-refractivity contribution < 1.29 is 9.00 Å². The van der Waals surface area contributed by atoms with Crippen LogP contribution in [-0.2, 0) is 17.3 Å². The fourth-order valence-electron chi connectivity index (χ4n) is 2.83. The largest absolute Gasteiger partial charge is 0.335 e. The zero-order valence-corrected chi connectivity index (χ0v) is 15.3. The van der Waals surface area contributed by atoms with Crippen LogP contribution in [0.2, 0.25) is 0 Å². The van der Waals surface area contributed by atoms with Gasteiger partial charge in [-0.25, -0.2) is 4.79 Å². The van der Waals surface area contributed by atoms with Gasteiger partial charge in [-0.05, 0) is 37.5 Å². The van der Waals surface area contributed by atoms with Crippen LogP contribution in [-0.4, -0.2) is 47.1 Å². The molecule has 1 unspecified atom stereocenters. The van der Waals surface area contributed by atoms with Gasteiger partial charge in [0.25, 0.3) is 0 Å². The molecule has 1 aliphatic heterocycles. The van der Waals surface area contributed by atoms with E-state index in [2.05, 4.69) is 22.1 Å². The molecule has 1 heterocycles. The molecular weight excluding hydrogens is 322 g/mol. The molecular formula is C18H27N3O2S. The van der Waals surface area contributed by atoms with Crippen LogP contribution in [0.1, 0.15) is 25.3 Å². The Labute approximate surface area is 147 Å². The van der Waals surface area contributed by atoms with Crippen LogP contribution in [0.15, 0.2) is 41.3 Å². The highest BCUT2D eigenvalue weighted by Gasteiger charge is 2.20. The van der Waals surface area contributed by atoms with Crippen molar-refractivity contribution >= 4 is 16.8 Å². The number of nitrogens with one attached hydrogen (secondary N) is 2. The Hall–Kier alpha value is -1.66. The number of hydrogen-bond donors (Lipinski definition) is 2. The summed E-state index contributed by atoms with van der Waals surface area (Å²) in [4.78, 5) is 15.2. The Morgan fingerprint density at radius 2 is 1.92 bits per heavy atom. The van der Waals surface area contributed by atoms with E-state index in [1.807, 2.05) is 31.2 Å². The minimum atomic E-state index is -0.971. The molecule has 2 N–H and O–H groups in total. The fourth-order valence-corrected chi connectivity index (χ4v) is 3.35. The van der Waals surface area contributed by atoms with Crippen molar-refractivity contribution in [3.8, 4) is 0 Å². The van der Waals surface area contributed by atoms with Crippen molar-refractivity contribution in [3.05, 3.63) is 42.0 Å². The second-order valence-corrected chi connectivity index (χ2v) is 7.81. The van der Waals surface area contributed by atoms with Gasteiger partial charge in [-0.1, -0.05) is 24.3 Å². The molecule has 132 valence electrons. The number of likely N-dealkylation sites (tertiary alicyclic amines) is 1. The Bertz CT molecular complexity index is 593. The quantitative estimate of drug-likeness (QED) is 0.775. The second kappa shape index (κ2) is 8.99. The van der Waals surface area contributed by atoms with Crippen molar-refractivity contribution in [2.75, 3.05) is 25.9 Å². The first-order valence-corrected chi connectivity index (χ1v) is 9.83. The normalized spacial score (nSPS) is 17.2. The molecule has 2 amide bonds. The number of benzene rings is 1. The molecule has 1 fully saturated rings. The van der Waals surface area contributed by atoms with Crippen molar-refractivity contribution in [1.82, 2.24) is 15.5 Å². The van der Waals surface area contributed by atoms with Crippen molar-refractivity contribution in [2.24, 2.45) is 0 Å². The summed E-state index contributed by atoms with van der Waals surface area (Å²) < 4.78 is 11.3. The zero-order valence-electron chi connectivity index (χ0n) is 14.5. The van der Waals surface area contributed by atoms with Gasteiger partial charge in [0.05, 0.1) is 0 Å². The van der Waals surface area contributed by atoms with E-state index in [-0.39, 0.29) is 12.1 Å². The minimum Gasteiger partial charge on any atom is -0.335 e.